The summed E-state index contributed by atoms with van der Waals surface area (Å²) in [6.45, 7) is 2.90. The molecule has 1 aliphatic rings. The van der Waals surface area contributed by atoms with Crippen LogP contribution in [-0.2, 0) is 16.3 Å². The molecule has 0 spiro atoms. The van der Waals surface area contributed by atoms with E-state index >= 15 is 0 Å². The molecule has 6 nitrogen and oxygen atoms in total. The Hall–Kier alpha value is -2.88. The maximum atomic E-state index is 11.8. The zero-order chi connectivity index (χ0) is 24.4. The number of anilines is 2. The van der Waals surface area contributed by atoms with Crippen LogP contribution in [0.25, 0.3) is 10.2 Å². The van der Waals surface area contributed by atoms with Crippen molar-refractivity contribution in [1.82, 2.24) is 4.98 Å². The molecule has 0 saturated heterocycles. The van der Waals surface area contributed by atoms with Crippen molar-refractivity contribution < 1.29 is 8.42 Å². The van der Waals surface area contributed by atoms with Crippen LogP contribution in [0.1, 0.15) is 23.3 Å². The van der Waals surface area contributed by atoms with Crippen LogP contribution in [0.15, 0.2) is 82.7 Å². The fraction of sp³-hybridized carbons (Fsp3) is 0.231. The van der Waals surface area contributed by atoms with Gasteiger partial charge in [0.15, 0.2) is 20.1 Å². The van der Waals surface area contributed by atoms with Crippen molar-refractivity contribution >= 4 is 59.1 Å². The van der Waals surface area contributed by atoms with Crippen LogP contribution < -0.4 is 10.6 Å². The van der Waals surface area contributed by atoms with E-state index in [4.69, 9.17) is 4.99 Å². The predicted molar refractivity (Wildman–Crippen MR) is 149 cm³/mol. The molecule has 0 fully saturated rings. The average molecular weight is 523 g/mol. The van der Waals surface area contributed by atoms with Crippen molar-refractivity contribution in [3.8, 4) is 0 Å². The number of hydrogen-bond donors (Lipinski definition) is 2. The summed E-state index contributed by atoms with van der Waals surface area (Å²) < 4.78 is 24.4. The Morgan fingerprint density at radius 1 is 1.00 bits per heavy atom. The maximum absolute atomic E-state index is 11.8. The van der Waals surface area contributed by atoms with E-state index in [9.17, 15) is 8.42 Å². The minimum atomic E-state index is -3.22. The summed E-state index contributed by atoms with van der Waals surface area (Å²) in [6.07, 6.45) is 2.07. The number of amidine groups is 1. The number of thiazole rings is 1. The van der Waals surface area contributed by atoms with Crippen LogP contribution in [0.3, 0.4) is 0 Å². The molecule has 0 aliphatic carbocycles. The fourth-order valence-electron chi connectivity index (χ4n) is 3.96. The van der Waals surface area contributed by atoms with E-state index in [1.54, 1.807) is 30.0 Å². The van der Waals surface area contributed by atoms with E-state index in [1.165, 1.54) is 28.7 Å². The summed E-state index contributed by atoms with van der Waals surface area (Å²) in [7, 11) is -3.22. The van der Waals surface area contributed by atoms with Gasteiger partial charge in [0.2, 0.25) is 0 Å². The Kier molecular flexibility index (Phi) is 6.82. The number of aliphatic imine (C=N–C) groups is 1. The SMILES string of the molecule is C[C@@H]1N=C(Nc2ccc(CCNc3nc4ccc(S(C)(=O)=O)cc4s3)cc2)SC1c1ccccc1. The van der Waals surface area contributed by atoms with Gasteiger partial charge in [-0.3, -0.25) is 4.99 Å². The molecule has 1 aromatic heterocycles. The molecule has 0 bridgehead atoms. The average Bonchev–Trinajstić information content (AvgIpc) is 3.42. The van der Waals surface area contributed by atoms with Crippen LogP contribution in [0.5, 0.6) is 0 Å². The molecule has 0 saturated carbocycles. The van der Waals surface area contributed by atoms with Gasteiger partial charge >= 0.3 is 0 Å². The van der Waals surface area contributed by atoms with E-state index in [1.807, 2.05) is 6.07 Å². The van der Waals surface area contributed by atoms with E-state index < -0.39 is 9.84 Å². The summed E-state index contributed by atoms with van der Waals surface area (Å²) >= 11 is 3.25. The van der Waals surface area contributed by atoms with Gasteiger partial charge in [0, 0.05) is 18.5 Å². The molecule has 5 rings (SSSR count). The van der Waals surface area contributed by atoms with Crippen molar-refractivity contribution in [1.29, 1.82) is 0 Å². The van der Waals surface area contributed by atoms with E-state index in [0.717, 1.165) is 39.2 Å². The molecule has 180 valence electrons. The predicted octanol–water partition coefficient (Wildman–Crippen LogP) is 6.00. The number of rotatable bonds is 7. The lowest BCUT2D eigenvalue weighted by Crippen LogP contribution is -2.06. The first kappa shape index (κ1) is 23.8. The molecule has 2 heterocycles. The number of thioether (sulfide) groups is 1. The fourth-order valence-corrected chi connectivity index (χ4v) is 6.80. The lowest BCUT2D eigenvalue weighted by molar-refractivity contribution is 0.602. The zero-order valence-corrected chi connectivity index (χ0v) is 21.9. The van der Waals surface area contributed by atoms with E-state index in [-0.39, 0.29) is 6.04 Å². The van der Waals surface area contributed by atoms with Crippen molar-refractivity contribution in [2.24, 2.45) is 4.99 Å². The van der Waals surface area contributed by atoms with Crippen LogP contribution in [-0.4, -0.2) is 37.4 Å². The number of hydrogen-bond acceptors (Lipinski definition) is 8. The number of benzene rings is 3. The second-order valence-electron chi connectivity index (χ2n) is 8.54. The van der Waals surface area contributed by atoms with Crippen LogP contribution >= 0.6 is 23.1 Å². The highest BCUT2D eigenvalue weighted by Crippen LogP contribution is 2.40. The quantitative estimate of drug-likeness (QED) is 0.310. The van der Waals surface area contributed by atoms with Gasteiger partial charge in [0.25, 0.3) is 0 Å². The third kappa shape index (κ3) is 5.69. The molecule has 1 unspecified atom stereocenters. The molecule has 0 amide bonds. The van der Waals surface area contributed by atoms with Gasteiger partial charge in [-0.05, 0) is 54.8 Å². The summed E-state index contributed by atoms with van der Waals surface area (Å²) in [6, 6.07) is 24.2. The summed E-state index contributed by atoms with van der Waals surface area (Å²) in [5.41, 5.74) is 4.36. The lowest BCUT2D eigenvalue weighted by Gasteiger charge is -2.13. The number of nitrogens with zero attached hydrogens (tertiary/aromatic N) is 2. The summed E-state index contributed by atoms with van der Waals surface area (Å²) in [4.78, 5) is 9.68. The monoisotopic (exact) mass is 522 g/mol. The third-order valence-corrected chi connectivity index (χ3v) is 9.25. The third-order valence-electron chi connectivity index (χ3n) is 5.81. The molecule has 3 aromatic carbocycles. The van der Waals surface area contributed by atoms with Crippen molar-refractivity contribution in [2.45, 2.75) is 29.5 Å². The standard InChI is InChI=1S/C26H26N4O2S3/c1-17-24(19-6-4-3-5-7-19)34-26(28-17)29-20-10-8-18(9-11-20)14-15-27-25-30-22-13-12-21(35(2,31)32)16-23(22)33-25/h3-13,16-17,24H,14-15H2,1-2H3,(H,27,30)(H,28,29)/t17-,24?/m0/s1. The maximum Gasteiger partial charge on any atom is 0.183 e. The molecular formula is C26H26N4O2S3. The van der Waals surface area contributed by atoms with Crippen molar-refractivity contribution in [3.05, 3.63) is 83.9 Å². The van der Waals surface area contributed by atoms with Gasteiger partial charge in [-0.15, -0.1) is 0 Å². The first-order valence-corrected chi connectivity index (χ1v) is 14.9. The molecule has 35 heavy (non-hydrogen) atoms. The number of fused-ring (bicyclic) bond motifs is 1. The second-order valence-corrected chi connectivity index (χ2v) is 12.7. The molecular weight excluding hydrogens is 497 g/mol. The zero-order valence-electron chi connectivity index (χ0n) is 19.4. The molecule has 9 heteroatoms. The van der Waals surface area contributed by atoms with Gasteiger partial charge in [-0.25, -0.2) is 13.4 Å². The molecule has 0 radical (unpaired) electrons. The van der Waals surface area contributed by atoms with Gasteiger partial charge < -0.3 is 10.6 Å². The Balaban J connectivity index is 1.14. The van der Waals surface area contributed by atoms with E-state index in [2.05, 4.69) is 71.1 Å². The number of sulfone groups is 1. The topological polar surface area (TPSA) is 83.4 Å². The van der Waals surface area contributed by atoms with Crippen LogP contribution in [0.2, 0.25) is 0 Å². The highest BCUT2D eigenvalue weighted by Gasteiger charge is 2.28. The highest BCUT2D eigenvalue weighted by atomic mass is 32.2. The minimum absolute atomic E-state index is 0.232. The second kappa shape index (κ2) is 10.0. The van der Waals surface area contributed by atoms with Crippen LogP contribution in [0, 0.1) is 0 Å². The minimum Gasteiger partial charge on any atom is -0.361 e. The van der Waals surface area contributed by atoms with Gasteiger partial charge in [-0.1, -0.05) is 65.6 Å². The summed E-state index contributed by atoms with van der Waals surface area (Å²) in [5, 5.41) is 8.90. The molecule has 2 atom stereocenters. The first-order valence-electron chi connectivity index (χ1n) is 11.3. The number of aromatic nitrogens is 1. The Morgan fingerprint density at radius 3 is 2.51 bits per heavy atom. The summed E-state index contributed by atoms with van der Waals surface area (Å²) in [5.74, 6) is 0. The Morgan fingerprint density at radius 2 is 1.77 bits per heavy atom. The van der Waals surface area contributed by atoms with Gasteiger partial charge in [0.05, 0.1) is 26.4 Å². The van der Waals surface area contributed by atoms with Gasteiger partial charge in [0.1, 0.15) is 0 Å². The normalized spacial score (nSPS) is 17.9. The Bertz CT molecular complexity index is 1470. The van der Waals surface area contributed by atoms with E-state index in [0.29, 0.717) is 10.1 Å². The highest BCUT2D eigenvalue weighted by molar-refractivity contribution is 8.14. The first-order chi connectivity index (χ1) is 16.8. The molecule has 2 N–H and O–H groups in total. The molecule has 4 aromatic rings. The van der Waals surface area contributed by atoms with Gasteiger partial charge in [-0.2, -0.15) is 0 Å². The smallest absolute Gasteiger partial charge is 0.183 e. The Labute approximate surface area is 213 Å². The van der Waals surface area contributed by atoms with Crippen molar-refractivity contribution in [2.75, 3.05) is 23.4 Å². The van der Waals surface area contributed by atoms with Crippen molar-refractivity contribution in [3.63, 3.8) is 0 Å². The largest absolute Gasteiger partial charge is 0.361 e. The van der Waals surface area contributed by atoms with Crippen LogP contribution in [0.4, 0.5) is 10.8 Å². The lowest BCUT2D eigenvalue weighted by atomic mass is 10.1. The molecule has 1 aliphatic heterocycles. The number of nitrogens with one attached hydrogen (secondary N) is 2.